The van der Waals surface area contributed by atoms with E-state index in [4.69, 9.17) is 5.73 Å². The summed E-state index contributed by atoms with van der Waals surface area (Å²) >= 11 is 0. The zero-order valence-electron chi connectivity index (χ0n) is 9.51. The standard InChI is InChI=1S/C13H15N3/c1-9(2)10-3-5-11(6-4-10)12-7-15-13(14)16-8-12/h3-9H,1-2H3,(H2,14,15,16). The van der Waals surface area contributed by atoms with Gasteiger partial charge >= 0.3 is 0 Å². The lowest BCUT2D eigenvalue weighted by molar-refractivity contribution is 0.867. The lowest BCUT2D eigenvalue weighted by Crippen LogP contribution is -1.93. The van der Waals surface area contributed by atoms with Crippen LogP contribution in [0, 0.1) is 0 Å². The summed E-state index contributed by atoms with van der Waals surface area (Å²) < 4.78 is 0. The van der Waals surface area contributed by atoms with Crippen molar-refractivity contribution in [2.75, 3.05) is 5.73 Å². The van der Waals surface area contributed by atoms with Crippen LogP contribution in [0.2, 0.25) is 0 Å². The minimum atomic E-state index is 0.308. The molecule has 0 fully saturated rings. The largest absolute Gasteiger partial charge is 0.368 e. The average molecular weight is 213 g/mol. The van der Waals surface area contributed by atoms with Crippen molar-refractivity contribution in [2.24, 2.45) is 0 Å². The molecule has 3 heteroatoms. The molecule has 2 rings (SSSR count). The molecule has 0 bridgehead atoms. The summed E-state index contributed by atoms with van der Waals surface area (Å²) in [5.74, 6) is 0.860. The number of hydrogen-bond donors (Lipinski definition) is 1. The van der Waals surface area contributed by atoms with Crippen molar-refractivity contribution in [3.05, 3.63) is 42.2 Å². The zero-order chi connectivity index (χ0) is 11.5. The van der Waals surface area contributed by atoms with E-state index in [2.05, 4.69) is 48.1 Å². The molecule has 1 aromatic carbocycles. The second-order valence-corrected chi connectivity index (χ2v) is 4.11. The molecule has 0 saturated heterocycles. The number of rotatable bonds is 2. The highest BCUT2D eigenvalue weighted by Crippen LogP contribution is 2.21. The highest BCUT2D eigenvalue weighted by atomic mass is 15.0. The van der Waals surface area contributed by atoms with Gasteiger partial charge in [0.25, 0.3) is 0 Å². The lowest BCUT2D eigenvalue weighted by atomic mass is 10.00. The van der Waals surface area contributed by atoms with Gasteiger partial charge in [0.15, 0.2) is 0 Å². The Kier molecular flexibility index (Phi) is 2.86. The van der Waals surface area contributed by atoms with Crippen LogP contribution in [0.4, 0.5) is 5.95 Å². The highest BCUT2D eigenvalue weighted by molar-refractivity contribution is 5.62. The Morgan fingerprint density at radius 2 is 1.50 bits per heavy atom. The lowest BCUT2D eigenvalue weighted by Gasteiger charge is -2.06. The van der Waals surface area contributed by atoms with Gasteiger partial charge in [-0.1, -0.05) is 38.1 Å². The van der Waals surface area contributed by atoms with Crippen molar-refractivity contribution in [1.82, 2.24) is 9.97 Å². The molecule has 0 aliphatic rings. The molecule has 2 aromatic rings. The number of nitrogens with zero attached hydrogens (tertiary/aromatic N) is 2. The van der Waals surface area contributed by atoms with Crippen molar-refractivity contribution in [1.29, 1.82) is 0 Å². The van der Waals surface area contributed by atoms with Gasteiger partial charge in [0.2, 0.25) is 5.95 Å². The molecular formula is C13H15N3. The second-order valence-electron chi connectivity index (χ2n) is 4.11. The first-order valence-corrected chi connectivity index (χ1v) is 5.34. The summed E-state index contributed by atoms with van der Waals surface area (Å²) in [6.45, 7) is 4.36. The highest BCUT2D eigenvalue weighted by Gasteiger charge is 2.01. The predicted molar refractivity (Wildman–Crippen MR) is 66.0 cm³/mol. The van der Waals surface area contributed by atoms with E-state index in [1.807, 2.05) is 0 Å². The van der Waals surface area contributed by atoms with Crippen molar-refractivity contribution in [3.8, 4) is 11.1 Å². The molecule has 2 N–H and O–H groups in total. The molecule has 3 nitrogen and oxygen atoms in total. The maximum absolute atomic E-state index is 5.45. The van der Waals surface area contributed by atoms with Gasteiger partial charge in [0.05, 0.1) is 0 Å². The summed E-state index contributed by atoms with van der Waals surface area (Å²) in [6, 6.07) is 8.45. The van der Waals surface area contributed by atoms with Crippen LogP contribution in [0.3, 0.4) is 0 Å². The van der Waals surface area contributed by atoms with Gasteiger partial charge < -0.3 is 5.73 Å². The van der Waals surface area contributed by atoms with Gasteiger partial charge in [-0.2, -0.15) is 0 Å². The van der Waals surface area contributed by atoms with E-state index in [9.17, 15) is 0 Å². The molecule has 0 aliphatic carbocycles. The molecule has 0 spiro atoms. The van der Waals surface area contributed by atoms with Crippen LogP contribution < -0.4 is 5.73 Å². The van der Waals surface area contributed by atoms with Crippen LogP contribution in [0.25, 0.3) is 11.1 Å². The molecule has 0 radical (unpaired) electrons. The van der Waals surface area contributed by atoms with Gasteiger partial charge in [-0.15, -0.1) is 0 Å². The monoisotopic (exact) mass is 213 g/mol. The second kappa shape index (κ2) is 4.31. The molecule has 16 heavy (non-hydrogen) atoms. The minimum Gasteiger partial charge on any atom is -0.368 e. The Morgan fingerprint density at radius 3 is 2.00 bits per heavy atom. The quantitative estimate of drug-likeness (QED) is 0.834. The van der Waals surface area contributed by atoms with Crippen LogP contribution >= 0.6 is 0 Å². The van der Waals surface area contributed by atoms with Crippen molar-refractivity contribution < 1.29 is 0 Å². The summed E-state index contributed by atoms with van der Waals surface area (Å²) in [6.07, 6.45) is 3.49. The molecule has 0 aliphatic heterocycles. The Labute approximate surface area is 95.4 Å². The van der Waals surface area contributed by atoms with Crippen LogP contribution in [0.1, 0.15) is 25.3 Å². The summed E-state index contributed by atoms with van der Waals surface area (Å²) in [5, 5.41) is 0. The van der Waals surface area contributed by atoms with E-state index in [1.165, 1.54) is 5.56 Å². The third-order valence-electron chi connectivity index (χ3n) is 2.58. The Hall–Kier alpha value is -1.90. The Morgan fingerprint density at radius 1 is 0.938 bits per heavy atom. The molecule has 1 heterocycles. The fourth-order valence-corrected chi connectivity index (χ4v) is 1.55. The van der Waals surface area contributed by atoms with Crippen LogP contribution in [-0.2, 0) is 0 Å². The maximum Gasteiger partial charge on any atom is 0.219 e. The number of hydrogen-bond acceptors (Lipinski definition) is 3. The van der Waals surface area contributed by atoms with E-state index in [1.54, 1.807) is 12.4 Å². The molecule has 0 unspecified atom stereocenters. The van der Waals surface area contributed by atoms with Gasteiger partial charge in [0.1, 0.15) is 0 Å². The number of benzene rings is 1. The summed E-state index contributed by atoms with van der Waals surface area (Å²) in [4.78, 5) is 7.96. The zero-order valence-corrected chi connectivity index (χ0v) is 9.51. The van der Waals surface area contributed by atoms with Crippen molar-refractivity contribution in [2.45, 2.75) is 19.8 Å². The van der Waals surface area contributed by atoms with Crippen LogP contribution in [0.5, 0.6) is 0 Å². The van der Waals surface area contributed by atoms with E-state index in [0.717, 1.165) is 11.1 Å². The first-order valence-electron chi connectivity index (χ1n) is 5.34. The number of nitrogens with two attached hydrogens (primary N) is 1. The first-order chi connectivity index (χ1) is 7.66. The predicted octanol–water partition coefficient (Wildman–Crippen LogP) is 2.85. The average Bonchev–Trinajstić information content (AvgIpc) is 2.30. The summed E-state index contributed by atoms with van der Waals surface area (Å²) in [7, 11) is 0. The van der Waals surface area contributed by atoms with Gasteiger partial charge in [-0.25, -0.2) is 9.97 Å². The van der Waals surface area contributed by atoms with Gasteiger partial charge in [0, 0.05) is 18.0 Å². The van der Waals surface area contributed by atoms with Gasteiger partial charge in [-0.3, -0.25) is 0 Å². The normalized spacial score (nSPS) is 10.7. The van der Waals surface area contributed by atoms with E-state index >= 15 is 0 Å². The Balaban J connectivity index is 2.31. The third-order valence-corrected chi connectivity index (χ3v) is 2.58. The van der Waals surface area contributed by atoms with E-state index in [0.29, 0.717) is 11.9 Å². The van der Waals surface area contributed by atoms with Crippen LogP contribution in [-0.4, -0.2) is 9.97 Å². The van der Waals surface area contributed by atoms with Crippen LogP contribution in [0.15, 0.2) is 36.7 Å². The van der Waals surface area contributed by atoms with E-state index < -0.39 is 0 Å². The molecular weight excluding hydrogens is 198 g/mol. The fourth-order valence-electron chi connectivity index (χ4n) is 1.55. The van der Waals surface area contributed by atoms with Gasteiger partial charge in [-0.05, 0) is 17.0 Å². The SMILES string of the molecule is CC(C)c1ccc(-c2cnc(N)nc2)cc1. The smallest absolute Gasteiger partial charge is 0.219 e. The van der Waals surface area contributed by atoms with Crippen molar-refractivity contribution in [3.63, 3.8) is 0 Å². The molecule has 82 valence electrons. The summed E-state index contributed by atoms with van der Waals surface area (Å²) in [5.41, 5.74) is 8.89. The fraction of sp³-hybridized carbons (Fsp3) is 0.231. The number of anilines is 1. The number of nitrogen functional groups attached to an aromatic ring is 1. The topological polar surface area (TPSA) is 51.8 Å². The maximum atomic E-state index is 5.45. The van der Waals surface area contributed by atoms with E-state index in [-0.39, 0.29) is 0 Å². The Bertz CT molecular complexity index is 458. The molecule has 0 saturated carbocycles. The number of aromatic nitrogens is 2. The molecule has 0 amide bonds. The minimum absolute atomic E-state index is 0.308. The molecule has 1 aromatic heterocycles. The third kappa shape index (κ3) is 2.19. The first kappa shape index (κ1) is 10.6. The molecule has 0 atom stereocenters. The van der Waals surface area contributed by atoms with Crippen molar-refractivity contribution >= 4 is 5.95 Å².